The lowest BCUT2D eigenvalue weighted by Crippen LogP contribution is -2.46. The Labute approximate surface area is 204 Å². The van der Waals surface area contributed by atoms with E-state index in [-0.39, 0.29) is 12.5 Å². The number of carbonyl (C=O) groups excluding carboxylic acids is 1. The van der Waals surface area contributed by atoms with Crippen molar-refractivity contribution >= 4 is 40.1 Å². The predicted octanol–water partition coefficient (Wildman–Crippen LogP) is 6.73. The minimum absolute atomic E-state index is 0.178. The fourth-order valence-corrected chi connectivity index (χ4v) is 5.83. The number of benzene rings is 2. The number of imidazole rings is 1. The van der Waals surface area contributed by atoms with Gasteiger partial charge in [-0.3, -0.25) is 4.79 Å². The summed E-state index contributed by atoms with van der Waals surface area (Å²) in [6, 6.07) is 12.0. The number of ether oxygens (including phenoxy) is 1. The molecule has 33 heavy (non-hydrogen) atoms. The van der Waals surface area contributed by atoms with Crippen LogP contribution in [0.15, 0.2) is 36.4 Å². The second-order valence-corrected chi connectivity index (χ2v) is 10.00. The minimum Gasteiger partial charge on any atom is -0.497 e. The maximum absolute atomic E-state index is 13.9. The molecule has 0 unspecified atom stereocenters. The quantitative estimate of drug-likeness (QED) is 0.388. The van der Waals surface area contributed by atoms with Crippen LogP contribution in [0.3, 0.4) is 0 Å². The standard InChI is InChI=1S/C26H29Cl2N3O2/c1-33-20-11-13-23-24(15-20)30(26(29-23)17-10-12-21(27)22(28)14-17)16-25(32)31(18-6-2-3-7-18)19-8-4-5-9-19/h10-15,18-19H,2-9,16H2,1H3. The molecule has 2 aromatic carbocycles. The van der Waals surface area contributed by atoms with Crippen LogP contribution in [0.2, 0.25) is 10.0 Å². The van der Waals surface area contributed by atoms with Crippen molar-refractivity contribution in [2.75, 3.05) is 7.11 Å². The molecule has 1 aromatic heterocycles. The van der Waals surface area contributed by atoms with Gasteiger partial charge in [-0.2, -0.15) is 0 Å². The van der Waals surface area contributed by atoms with Gasteiger partial charge in [0, 0.05) is 23.7 Å². The molecule has 0 saturated heterocycles. The molecule has 174 valence electrons. The van der Waals surface area contributed by atoms with Crippen LogP contribution < -0.4 is 4.74 Å². The second kappa shape index (κ2) is 9.55. The molecule has 2 saturated carbocycles. The molecule has 1 amide bonds. The lowest BCUT2D eigenvalue weighted by molar-refractivity contribution is -0.136. The third kappa shape index (κ3) is 4.45. The number of carbonyl (C=O) groups is 1. The number of aromatic nitrogens is 2. The van der Waals surface area contributed by atoms with Crippen molar-refractivity contribution in [1.29, 1.82) is 0 Å². The molecule has 0 atom stereocenters. The molecular weight excluding hydrogens is 457 g/mol. The number of nitrogens with zero attached hydrogens (tertiary/aromatic N) is 3. The molecule has 0 spiro atoms. The number of methoxy groups -OCH3 is 1. The number of halogens is 2. The lowest BCUT2D eigenvalue weighted by Gasteiger charge is -2.35. The Balaban J connectivity index is 1.57. The molecule has 3 aromatic rings. The second-order valence-electron chi connectivity index (χ2n) is 9.18. The molecule has 2 aliphatic rings. The van der Waals surface area contributed by atoms with Crippen LogP contribution in [0.4, 0.5) is 0 Å². The number of rotatable bonds is 6. The third-order valence-electron chi connectivity index (χ3n) is 7.15. The van der Waals surface area contributed by atoms with Gasteiger partial charge in [0.1, 0.15) is 18.1 Å². The van der Waals surface area contributed by atoms with Crippen molar-refractivity contribution in [2.24, 2.45) is 0 Å². The number of hydrogen-bond donors (Lipinski definition) is 0. The summed E-state index contributed by atoms with van der Waals surface area (Å²) in [7, 11) is 1.65. The molecule has 5 rings (SSSR count). The van der Waals surface area contributed by atoms with Gasteiger partial charge < -0.3 is 14.2 Å². The van der Waals surface area contributed by atoms with Gasteiger partial charge in [-0.1, -0.05) is 48.9 Å². The van der Waals surface area contributed by atoms with Crippen molar-refractivity contribution in [1.82, 2.24) is 14.5 Å². The van der Waals surface area contributed by atoms with Crippen LogP contribution in [-0.4, -0.2) is 39.6 Å². The summed E-state index contributed by atoms with van der Waals surface area (Å²) in [5.41, 5.74) is 2.53. The van der Waals surface area contributed by atoms with Crippen molar-refractivity contribution in [2.45, 2.75) is 70.0 Å². The smallest absolute Gasteiger partial charge is 0.243 e. The SMILES string of the molecule is COc1ccc2nc(-c3ccc(Cl)c(Cl)c3)n(CC(=O)N(C3CCCC3)C3CCCC3)c2c1. The van der Waals surface area contributed by atoms with Crippen molar-refractivity contribution in [3.63, 3.8) is 0 Å². The molecule has 0 N–H and O–H groups in total. The van der Waals surface area contributed by atoms with E-state index in [1.54, 1.807) is 13.2 Å². The van der Waals surface area contributed by atoms with E-state index in [0.717, 1.165) is 48.0 Å². The zero-order valence-corrected chi connectivity index (χ0v) is 20.4. The summed E-state index contributed by atoms with van der Waals surface area (Å²) in [6.45, 7) is 0.242. The molecule has 0 aliphatic heterocycles. The van der Waals surface area contributed by atoms with Crippen LogP contribution >= 0.6 is 23.2 Å². The first kappa shape index (κ1) is 22.5. The molecular formula is C26H29Cl2N3O2. The van der Waals surface area contributed by atoms with E-state index in [9.17, 15) is 4.79 Å². The van der Waals surface area contributed by atoms with E-state index >= 15 is 0 Å². The Morgan fingerprint density at radius 1 is 1.00 bits per heavy atom. The lowest BCUT2D eigenvalue weighted by atomic mass is 10.1. The fraction of sp³-hybridized carbons (Fsp3) is 0.462. The van der Waals surface area contributed by atoms with Crippen molar-refractivity contribution in [3.8, 4) is 17.1 Å². The Kier molecular flexibility index (Phi) is 6.53. The van der Waals surface area contributed by atoms with Gasteiger partial charge in [-0.25, -0.2) is 4.98 Å². The highest BCUT2D eigenvalue weighted by Gasteiger charge is 2.34. The van der Waals surface area contributed by atoms with Crippen molar-refractivity contribution in [3.05, 3.63) is 46.4 Å². The third-order valence-corrected chi connectivity index (χ3v) is 7.89. The predicted molar refractivity (Wildman–Crippen MR) is 133 cm³/mol. The summed E-state index contributed by atoms with van der Waals surface area (Å²) < 4.78 is 7.48. The highest BCUT2D eigenvalue weighted by atomic mass is 35.5. The highest BCUT2D eigenvalue weighted by Crippen LogP contribution is 2.34. The summed E-state index contributed by atoms with van der Waals surface area (Å²) in [5.74, 6) is 1.63. The van der Waals surface area contributed by atoms with Gasteiger partial charge in [0.15, 0.2) is 0 Å². The molecule has 1 heterocycles. The first-order chi connectivity index (χ1) is 16.0. The van der Waals surface area contributed by atoms with Crippen molar-refractivity contribution < 1.29 is 9.53 Å². The van der Waals surface area contributed by atoms with Crippen LogP contribution in [0.25, 0.3) is 22.4 Å². The monoisotopic (exact) mass is 485 g/mol. The Morgan fingerprint density at radius 3 is 2.27 bits per heavy atom. The average molecular weight is 486 g/mol. The largest absolute Gasteiger partial charge is 0.497 e. The zero-order valence-electron chi connectivity index (χ0n) is 18.9. The topological polar surface area (TPSA) is 47.4 Å². The van der Waals surface area contributed by atoms with Gasteiger partial charge in [0.2, 0.25) is 5.91 Å². The molecule has 0 radical (unpaired) electrons. The van der Waals surface area contributed by atoms with Gasteiger partial charge in [0.25, 0.3) is 0 Å². The highest BCUT2D eigenvalue weighted by molar-refractivity contribution is 6.42. The molecule has 5 nitrogen and oxygen atoms in total. The van der Waals surface area contributed by atoms with E-state index < -0.39 is 0 Å². The Bertz CT molecular complexity index is 1150. The van der Waals surface area contributed by atoms with Crippen LogP contribution in [0.5, 0.6) is 5.75 Å². The zero-order chi connectivity index (χ0) is 22.9. The molecule has 7 heteroatoms. The van der Waals surface area contributed by atoms with Crippen LogP contribution in [-0.2, 0) is 11.3 Å². The normalized spacial score (nSPS) is 17.2. The Morgan fingerprint density at radius 2 is 1.67 bits per heavy atom. The van der Waals surface area contributed by atoms with E-state index in [0.29, 0.717) is 28.0 Å². The minimum atomic E-state index is 0.178. The summed E-state index contributed by atoms with van der Waals surface area (Å²) >= 11 is 12.5. The first-order valence-electron chi connectivity index (χ1n) is 11.9. The fourth-order valence-electron chi connectivity index (χ4n) is 5.53. The molecule has 2 aliphatic carbocycles. The maximum Gasteiger partial charge on any atom is 0.243 e. The first-order valence-corrected chi connectivity index (χ1v) is 12.6. The average Bonchev–Trinajstić information content (AvgIpc) is 3.58. The van der Waals surface area contributed by atoms with Crippen LogP contribution in [0, 0.1) is 0 Å². The van der Waals surface area contributed by atoms with Gasteiger partial charge in [0.05, 0.1) is 28.2 Å². The number of fused-ring (bicyclic) bond motifs is 1. The van der Waals surface area contributed by atoms with E-state index in [1.807, 2.05) is 34.9 Å². The molecule has 2 fully saturated rings. The summed E-state index contributed by atoms with van der Waals surface area (Å²) in [6.07, 6.45) is 9.28. The van der Waals surface area contributed by atoms with Gasteiger partial charge in [-0.05, 0) is 56.0 Å². The van der Waals surface area contributed by atoms with E-state index in [2.05, 4.69) is 4.90 Å². The number of amides is 1. The maximum atomic E-state index is 13.9. The molecule has 0 bridgehead atoms. The number of hydrogen-bond acceptors (Lipinski definition) is 3. The van der Waals surface area contributed by atoms with Crippen LogP contribution in [0.1, 0.15) is 51.4 Å². The van der Waals surface area contributed by atoms with Gasteiger partial charge >= 0.3 is 0 Å². The Hall–Kier alpha value is -2.24. The van der Waals surface area contributed by atoms with Gasteiger partial charge in [-0.15, -0.1) is 0 Å². The summed E-state index contributed by atoms with van der Waals surface area (Å²) in [4.78, 5) is 21.0. The van der Waals surface area contributed by atoms with E-state index in [4.69, 9.17) is 32.9 Å². The summed E-state index contributed by atoms with van der Waals surface area (Å²) in [5, 5.41) is 0.963. The van der Waals surface area contributed by atoms with E-state index in [1.165, 1.54) is 25.7 Å².